The Bertz CT molecular complexity index is 435. The highest BCUT2D eigenvalue weighted by Gasteiger charge is 2.29. The van der Waals surface area contributed by atoms with Gasteiger partial charge in [0.2, 0.25) is 0 Å². The number of nitrogens with one attached hydrogen (secondary N) is 1. The lowest BCUT2D eigenvalue weighted by molar-refractivity contribution is 0.552. The molecule has 1 N–H and O–H groups in total. The number of rotatable bonds is 9. The lowest BCUT2D eigenvalue weighted by atomic mass is 10.1. The Hall–Kier alpha value is -1.02. The van der Waals surface area contributed by atoms with Crippen molar-refractivity contribution in [3.63, 3.8) is 0 Å². The van der Waals surface area contributed by atoms with Crippen molar-refractivity contribution in [2.24, 2.45) is 5.92 Å². The van der Waals surface area contributed by atoms with E-state index < -0.39 is 0 Å². The fraction of sp³-hybridized carbons (Fsp3) is 0.684. The lowest BCUT2D eigenvalue weighted by Gasteiger charge is -2.27. The van der Waals surface area contributed by atoms with E-state index in [1.807, 2.05) is 0 Å². The van der Waals surface area contributed by atoms with Gasteiger partial charge >= 0.3 is 0 Å². The quantitative estimate of drug-likeness (QED) is 0.719. The molecule has 2 nitrogen and oxygen atoms in total. The van der Waals surface area contributed by atoms with E-state index in [1.54, 1.807) is 0 Å². The second kappa shape index (κ2) is 7.84. The van der Waals surface area contributed by atoms with Gasteiger partial charge in [0, 0.05) is 24.8 Å². The van der Waals surface area contributed by atoms with Gasteiger partial charge in [-0.15, -0.1) is 0 Å². The van der Waals surface area contributed by atoms with E-state index >= 15 is 0 Å². The van der Waals surface area contributed by atoms with Gasteiger partial charge in [-0.2, -0.15) is 0 Å². The van der Waals surface area contributed by atoms with Crippen LogP contribution in [0.2, 0.25) is 0 Å². The molecule has 1 aromatic carbocycles. The summed E-state index contributed by atoms with van der Waals surface area (Å²) >= 11 is 0. The largest absolute Gasteiger partial charge is 0.368 e. The van der Waals surface area contributed by atoms with Gasteiger partial charge in [-0.1, -0.05) is 39.3 Å². The summed E-state index contributed by atoms with van der Waals surface area (Å²) in [6.45, 7) is 12.3. The molecule has 1 aliphatic rings. The molecule has 1 fully saturated rings. The third-order valence-electron chi connectivity index (χ3n) is 4.19. The average Bonchev–Trinajstić information content (AvgIpc) is 3.25. The molecule has 0 bridgehead atoms. The van der Waals surface area contributed by atoms with E-state index in [0.29, 0.717) is 5.92 Å². The van der Waals surface area contributed by atoms with Crippen molar-refractivity contribution in [3.8, 4) is 0 Å². The number of anilines is 1. The molecule has 1 aromatic rings. The van der Waals surface area contributed by atoms with E-state index in [4.69, 9.17) is 0 Å². The first-order valence-corrected chi connectivity index (χ1v) is 8.68. The van der Waals surface area contributed by atoms with Crippen molar-refractivity contribution in [2.45, 2.75) is 66.0 Å². The first-order chi connectivity index (χ1) is 10.1. The Balaban J connectivity index is 1.99. The van der Waals surface area contributed by atoms with Crippen LogP contribution in [-0.2, 0) is 6.54 Å². The molecular formula is C19H32N2. The number of aryl methyl sites for hydroxylation is 1. The van der Waals surface area contributed by atoms with Gasteiger partial charge in [0.25, 0.3) is 0 Å². The van der Waals surface area contributed by atoms with Crippen molar-refractivity contribution in [3.05, 3.63) is 29.3 Å². The van der Waals surface area contributed by atoms with Gasteiger partial charge in [-0.3, -0.25) is 0 Å². The number of hydrogen-bond acceptors (Lipinski definition) is 2. The van der Waals surface area contributed by atoms with E-state index in [-0.39, 0.29) is 0 Å². The maximum absolute atomic E-state index is 3.53. The fourth-order valence-corrected chi connectivity index (χ4v) is 2.87. The first-order valence-electron chi connectivity index (χ1n) is 8.68. The van der Waals surface area contributed by atoms with Crippen LogP contribution in [0.3, 0.4) is 0 Å². The summed E-state index contributed by atoms with van der Waals surface area (Å²) < 4.78 is 0. The summed E-state index contributed by atoms with van der Waals surface area (Å²) in [5.74, 6) is 0.713. The van der Waals surface area contributed by atoms with Crippen LogP contribution < -0.4 is 10.2 Å². The van der Waals surface area contributed by atoms with Crippen molar-refractivity contribution in [1.29, 1.82) is 0 Å². The van der Waals surface area contributed by atoms with Crippen LogP contribution in [0, 0.1) is 12.8 Å². The molecule has 2 rings (SSSR count). The molecular weight excluding hydrogens is 256 g/mol. The summed E-state index contributed by atoms with van der Waals surface area (Å²) in [6, 6.07) is 7.82. The predicted octanol–water partition coefficient (Wildman–Crippen LogP) is 4.51. The molecule has 118 valence electrons. The molecule has 0 heterocycles. The van der Waals surface area contributed by atoms with Gasteiger partial charge < -0.3 is 10.2 Å². The molecule has 0 aliphatic heterocycles. The monoisotopic (exact) mass is 288 g/mol. The second-order valence-electron chi connectivity index (χ2n) is 6.92. The molecule has 0 unspecified atom stereocenters. The van der Waals surface area contributed by atoms with Crippen molar-refractivity contribution < 1.29 is 0 Å². The zero-order chi connectivity index (χ0) is 15.2. The maximum Gasteiger partial charge on any atom is 0.0398 e. The van der Waals surface area contributed by atoms with Crippen LogP contribution in [0.1, 0.15) is 57.6 Å². The Morgan fingerprint density at radius 2 is 2.05 bits per heavy atom. The number of unbranched alkanes of at least 4 members (excludes halogenated alkanes) is 1. The Morgan fingerprint density at radius 1 is 1.29 bits per heavy atom. The number of hydrogen-bond donors (Lipinski definition) is 1. The summed E-state index contributed by atoms with van der Waals surface area (Å²) in [7, 11) is 0. The van der Waals surface area contributed by atoms with E-state index in [1.165, 1.54) is 49.0 Å². The van der Waals surface area contributed by atoms with Gasteiger partial charge in [0.15, 0.2) is 0 Å². The third-order valence-corrected chi connectivity index (χ3v) is 4.19. The first kappa shape index (κ1) is 16.4. The van der Waals surface area contributed by atoms with Crippen LogP contribution in [0.15, 0.2) is 18.2 Å². The molecule has 0 radical (unpaired) electrons. The second-order valence-corrected chi connectivity index (χ2v) is 6.92. The zero-order valence-electron chi connectivity index (χ0n) is 14.3. The highest BCUT2D eigenvalue weighted by molar-refractivity contribution is 5.56. The number of nitrogens with zero attached hydrogens (tertiary/aromatic N) is 1. The minimum Gasteiger partial charge on any atom is -0.368 e. The molecule has 1 saturated carbocycles. The minimum atomic E-state index is 0.713. The van der Waals surface area contributed by atoms with Gasteiger partial charge in [0.1, 0.15) is 0 Å². The smallest absolute Gasteiger partial charge is 0.0398 e. The molecule has 21 heavy (non-hydrogen) atoms. The standard InChI is InChI=1S/C19H32N2/c1-5-6-11-21(18-8-9-18)19-10-7-17(12-16(19)4)14-20-13-15(2)3/h7,10,12,15,18,20H,5-6,8-9,11,13-14H2,1-4H3. The summed E-state index contributed by atoms with van der Waals surface area (Å²) in [4.78, 5) is 2.64. The van der Waals surface area contributed by atoms with E-state index in [9.17, 15) is 0 Å². The SMILES string of the molecule is CCCCN(c1ccc(CNCC(C)C)cc1C)C1CC1. The molecule has 0 aromatic heterocycles. The average molecular weight is 288 g/mol. The van der Waals surface area contributed by atoms with Crippen molar-refractivity contribution in [2.75, 3.05) is 18.0 Å². The molecule has 1 aliphatic carbocycles. The van der Waals surface area contributed by atoms with Gasteiger partial charge in [-0.25, -0.2) is 0 Å². The summed E-state index contributed by atoms with van der Waals surface area (Å²) in [6.07, 6.45) is 5.33. The van der Waals surface area contributed by atoms with Gasteiger partial charge in [0.05, 0.1) is 0 Å². The fourth-order valence-electron chi connectivity index (χ4n) is 2.87. The summed E-state index contributed by atoms with van der Waals surface area (Å²) in [5.41, 5.74) is 4.29. The Morgan fingerprint density at radius 3 is 2.62 bits per heavy atom. The Kier molecular flexibility index (Phi) is 6.10. The van der Waals surface area contributed by atoms with E-state index in [2.05, 4.69) is 56.1 Å². The third kappa shape index (κ3) is 5.03. The van der Waals surface area contributed by atoms with Crippen LogP contribution >= 0.6 is 0 Å². The van der Waals surface area contributed by atoms with Crippen LogP contribution in [0.4, 0.5) is 5.69 Å². The highest BCUT2D eigenvalue weighted by Crippen LogP contribution is 2.34. The predicted molar refractivity (Wildman–Crippen MR) is 93.0 cm³/mol. The molecule has 0 amide bonds. The molecule has 0 atom stereocenters. The topological polar surface area (TPSA) is 15.3 Å². The molecule has 0 spiro atoms. The summed E-state index contributed by atoms with van der Waals surface area (Å²) in [5, 5.41) is 3.53. The minimum absolute atomic E-state index is 0.713. The maximum atomic E-state index is 3.53. The normalized spacial score (nSPS) is 14.7. The zero-order valence-corrected chi connectivity index (χ0v) is 14.3. The molecule has 2 heteroatoms. The molecule has 0 saturated heterocycles. The Labute approximate surface area is 130 Å². The van der Waals surface area contributed by atoms with Crippen LogP contribution in [0.25, 0.3) is 0 Å². The van der Waals surface area contributed by atoms with Crippen LogP contribution in [-0.4, -0.2) is 19.1 Å². The van der Waals surface area contributed by atoms with Crippen molar-refractivity contribution >= 4 is 5.69 Å². The number of benzene rings is 1. The van der Waals surface area contributed by atoms with Crippen molar-refractivity contribution in [1.82, 2.24) is 5.32 Å². The lowest BCUT2D eigenvalue weighted by Crippen LogP contribution is -2.27. The van der Waals surface area contributed by atoms with Gasteiger partial charge in [-0.05, 0) is 55.8 Å². The highest BCUT2D eigenvalue weighted by atomic mass is 15.2. The van der Waals surface area contributed by atoms with E-state index in [0.717, 1.165) is 19.1 Å². The van der Waals surface area contributed by atoms with Crippen LogP contribution in [0.5, 0.6) is 0 Å².